The molecule has 1 fully saturated rings. The summed E-state index contributed by atoms with van der Waals surface area (Å²) in [5.41, 5.74) is 0. The van der Waals surface area contributed by atoms with Gasteiger partial charge in [-0.05, 0) is 32.7 Å². The normalized spacial score (nSPS) is 16.6. The molecule has 0 aliphatic carbocycles. The Balaban J connectivity index is 1.75. The van der Waals surface area contributed by atoms with Crippen LogP contribution in [0.2, 0.25) is 0 Å². The number of nitrogens with one attached hydrogen (secondary N) is 1. The van der Waals surface area contributed by atoms with Crippen molar-refractivity contribution in [1.29, 1.82) is 0 Å². The summed E-state index contributed by atoms with van der Waals surface area (Å²) in [6.45, 7) is 11.3. The van der Waals surface area contributed by atoms with E-state index in [4.69, 9.17) is 0 Å². The molecule has 0 aromatic carbocycles. The van der Waals surface area contributed by atoms with Gasteiger partial charge < -0.3 is 19.7 Å². The molecule has 0 bridgehead atoms. The number of carbonyl (C=O) groups excluding carboxylic acids is 2. The van der Waals surface area contributed by atoms with Crippen LogP contribution < -0.4 is 5.32 Å². The van der Waals surface area contributed by atoms with Gasteiger partial charge in [0.25, 0.3) is 0 Å². The number of hydrogen-bond acceptors (Lipinski definition) is 4. The molecule has 0 radical (unpaired) electrons. The Morgan fingerprint density at radius 1 is 1.29 bits per heavy atom. The van der Waals surface area contributed by atoms with E-state index in [9.17, 15) is 9.59 Å². The van der Waals surface area contributed by atoms with Crippen LogP contribution in [0.25, 0.3) is 0 Å². The fourth-order valence-electron chi connectivity index (χ4n) is 3.75. The smallest absolute Gasteiger partial charge is 0.223 e. The first-order chi connectivity index (χ1) is 13.3. The van der Waals surface area contributed by atoms with Gasteiger partial charge in [-0.15, -0.1) is 0 Å². The SMILES string of the molecule is CC(=O)NCCN(C)C1CCN(C(=O)CCc2nccn2C(C)C(C)C)CC1. The molecule has 2 amide bonds. The molecular weight excluding hydrogens is 354 g/mol. The molecule has 7 heteroatoms. The second kappa shape index (κ2) is 10.6. The molecule has 158 valence electrons. The van der Waals surface area contributed by atoms with Crippen LogP contribution in [0.4, 0.5) is 0 Å². The number of piperidine rings is 1. The quantitative estimate of drug-likeness (QED) is 0.700. The monoisotopic (exact) mass is 391 g/mol. The zero-order chi connectivity index (χ0) is 20.7. The molecule has 1 atom stereocenters. The molecule has 7 nitrogen and oxygen atoms in total. The highest BCUT2D eigenvalue weighted by Crippen LogP contribution is 2.20. The highest BCUT2D eigenvalue weighted by Gasteiger charge is 2.25. The van der Waals surface area contributed by atoms with Crippen molar-refractivity contribution in [3.8, 4) is 0 Å². The molecule has 0 saturated carbocycles. The lowest BCUT2D eigenvalue weighted by molar-refractivity contribution is -0.132. The van der Waals surface area contributed by atoms with Crippen LogP contribution in [0.3, 0.4) is 0 Å². The highest BCUT2D eigenvalue weighted by atomic mass is 16.2. The van der Waals surface area contributed by atoms with Crippen LogP contribution >= 0.6 is 0 Å². The Bertz CT molecular complexity index is 634. The van der Waals surface area contributed by atoms with Gasteiger partial charge in [-0.2, -0.15) is 0 Å². The van der Waals surface area contributed by atoms with Crippen LogP contribution in [0.1, 0.15) is 58.8 Å². The lowest BCUT2D eigenvalue weighted by Crippen LogP contribution is -2.47. The van der Waals surface area contributed by atoms with Crippen molar-refractivity contribution in [2.24, 2.45) is 5.92 Å². The highest BCUT2D eigenvalue weighted by molar-refractivity contribution is 5.76. The van der Waals surface area contributed by atoms with Crippen LogP contribution in [0.15, 0.2) is 12.4 Å². The summed E-state index contributed by atoms with van der Waals surface area (Å²) in [5.74, 6) is 1.77. The Kier molecular flexibility index (Phi) is 8.48. The van der Waals surface area contributed by atoms with E-state index in [-0.39, 0.29) is 11.8 Å². The van der Waals surface area contributed by atoms with Gasteiger partial charge in [0, 0.05) is 70.4 Å². The zero-order valence-electron chi connectivity index (χ0n) is 18.1. The average molecular weight is 392 g/mol. The van der Waals surface area contributed by atoms with Gasteiger partial charge in [-0.1, -0.05) is 13.8 Å². The van der Waals surface area contributed by atoms with Gasteiger partial charge >= 0.3 is 0 Å². The van der Waals surface area contributed by atoms with Crippen molar-refractivity contribution in [3.05, 3.63) is 18.2 Å². The third kappa shape index (κ3) is 6.33. The van der Waals surface area contributed by atoms with Gasteiger partial charge in [0.05, 0.1) is 0 Å². The first-order valence-electron chi connectivity index (χ1n) is 10.5. The van der Waals surface area contributed by atoms with Crippen molar-refractivity contribution in [2.75, 3.05) is 33.2 Å². The molecule has 2 heterocycles. The van der Waals surface area contributed by atoms with E-state index in [1.165, 1.54) is 0 Å². The van der Waals surface area contributed by atoms with Gasteiger partial charge in [0.1, 0.15) is 5.82 Å². The molecule has 1 aliphatic heterocycles. The number of aromatic nitrogens is 2. The Labute approximate surface area is 169 Å². The maximum absolute atomic E-state index is 12.7. The maximum Gasteiger partial charge on any atom is 0.223 e. The Morgan fingerprint density at radius 3 is 2.57 bits per heavy atom. The summed E-state index contributed by atoms with van der Waals surface area (Å²) >= 11 is 0. The predicted octanol–water partition coefficient (Wildman–Crippen LogP) is 2.09. The molecule has 1 aromatic heterocycles. The Hall–Kier alpha value is -1.89. The number of imidazole rings is 1. The molecular formula is C21H37N5O2. The summed E-state index contributed by atoms with van der Waals surface area (Å²) in [6.07, 6.45) is 7.04. The van der Waals surface area contributed by atoms with Gasteiger partial charge in [0.15, 0.2) is 0 Å². The standard InChI is InChI=1S/C21H37N5O2/c1-16(2)17(3)26-15-11-23-20(26)6-7-21(28)25-12-8-19(9-13-25)24(5)14-10-22-18(4)27/h11,15-17,19H,6-10,12-14H2,1-5H3,(H,22,27). The second-order valence-corrected chi connectivity index (χ2v) is 8.31. The number of likely N-dealkylation sites (N-methyl/N-ethyl adjacent to an activating group) is 1. The van der Waals surface area contributed by atoms with E-state index in [0.29, 0.717) is 37.4 Å². The topological polar surface area (TPSA) is 70.5 Å². The van der Waals surface area contributed by atoms with Crippen molar-refractivity contribution in [2.45, 2.75) is 65.5 Å². The molecule has 1 aromatic rings. The van der Waals surface area contributed by atoms with E-state index >= 15 is 0 Å². The summed E-state index contributed by atoms with van der Waals surface area (Å²) in [5, 5.41) is 2.84. The van der Waals surface area contributed by atoms with Crippen LogP contribution in [-0.2, 0) is 16.0 Å². The van der Waals surface area contributed by atoms with E-state index in [1.807, 2.05) is 17.3 Å². The van der Waals surface area contributed by atoms with E-state index < -0.39 is 0 Å². The van der Waals surface area contributed by atoms with Crippen molar-refractivity contribution >= 4 is 11.8 Å². The van der Waals surface area contributed by atoms with E-state index in [2.05, 4.69) is 47.6 Å². The number of hydrogen-bond donors (Lipinski definition) is 1. The average Bonchev–Trinajstić information content (AvgIpc) is 3.13. The number of rotatable bonds is 9. The van der Waals surface area contributed by atoms with Gasteiger partial charge in [-0.3, -0.25) is 9.59 Å². The van der Waals surface area contributed by atoms with Crippen LogP contribution in [-0.4, -0.2) is 70.4 Å². The number of carbonyl (C=O) groups is 2. The first-order valence-corrected chi connectivity index (χ1v) is 10.5. The van der Waals surface area contributed by atoms with Crippen molar-refractivity contribution in [3.63, 3.8) is 0 Å². The minimum Gasteiger partial charge on any atom is -0.355 e. The molecule has 1 unspecified atom stereocenters. The molecule has 1 saturated heterocycles. The molecule has 1 N–H and O–H groups in total. The zero-order valence-corrected chi connectivity index (χ0v) is 18.1. The molecule has 1 aliphatic rings. The fraction of sp³-hybridized carbons (Fsp3) is 0.762. The second-order valence-electron chi connectivity index (χ2n) is 8.31. The van der Waals surface area contributed by atoms with Gasteiger partial charge in [0.2, 0.25) is 11.8 Å². The lowest BCUT2D eigenvalue weighted by atomic mass is 10.0. The third-order valence-corrected chi connectivity index (χ3v) is 5.99. The van der Waals surface area contributed by atoms with E-state index in [0.717, 1.165) is 38.3 Å². The minimum absolute atomic E-state index is 0.0113. The predicted molar refractivity (Wildman–Crippen MR) is 111 cm³/mol. The fourth-order valence-corrected chi connectivity index (χ4v) is 3.75. The number of nitrogens with zero attached hydrogens (tertiary/aromatic N) is 4. The largest absolute Gasteiger partial charge is 0.355 e. The van der Waals surface area contributed by atoms with Crippen molar-refractivity contribution < 1.29 is 9.59 Å². The maximum atomic E-state index is 12.7. The van der Waals surface area contributed by atoms with Crippen LogP contribution in [0.5, 0.6) is 0 Å². The summed E-state index contributed by atoms with van der Waals surface area (Å²) in [7, 11) is 2.10. The lowest BCUT2D eigenvalue weighted by Gasteiger charge is -2.37. The summed E-state index contributed by atoms with van der Waals surface area (Å²) in [6, 6.07) is 0.861. The summed E-state index contributed by atoms with van der Waals surface area (Å²) in [4.78, 5) is 32.4. The van der Waals surface area contributed by atoms with Crippen molar-refractivity contribution in [1.82, 2.24) is 24.7 Å². The number of amides is 2. The number of likely N-dealkylation sites (tertiary alicyclic amines) is 1. The van der Waals surface area contributed by atoms with E-state index in [1.54, 1.807) is 6.92 Å². The first kappa shape index (κ1) is 22.4. The third-order valence-electron chi connectivity index (χ3n) is 5.99. The summed E-state index contributed by atoms with van der Waals surface area (Å²) < 4.78 is 2.20. The molecule has 28 heavy (non-hydrogen) atoms. The number of aryl methyl sites for hydroxylation is 1. The van der Waals surface area contributed by atoms with Gasteiger partial charge in [-0.25, -0.2) is 4.98 Å². The minimum atomic E-state index is 0.0113. The van der Waals surface area contributed by atoms with Crippen LogP contribution in [0, 0.1) is 5.92 Å². The molecule has 2 rings (SSSR count). The Morgan fingerprint density at radius 2 is 1.96 bits per heavy atom. The molecule has 0 spiro atoms.